The molecular formula is C24H24Cl3N3O5. The van der Waals surface area contributed by atoms with Crippen molar-refractivity contribution >= 4 is 58.5 Å². The van der Waals surface area contributed by atoms with E-state index in [9.17, 15) is 19.2 Å². The lowest BCUT2D eigenvalue weighted by molar-refractivity contribution is -0.124. The maximum atomic E-state index is 13.8. The number of piperidine rings is 1. The van der Waals surface area contributed by atoms with Crippen LogP contribution in [0.25, 0.3) is 0 Å². The molecule has 0 aliphatic carbocycles. The number of carbonyl (C=O) groups excluding carboxylic acids is 4. The summed E-state index contributed by atoms with van der Waals surface area (Å²) in [5, 5.41) is 4.26. The van der Waals surface area contributed by atoms with E-state index in [4.69, 9.17) is 39.5 Å². The van der Waals surface area contributed by atoms with Gasteiger partial charge in [-0.25, -0.2) is 15.2 Å². The average Bonchev–Trinajstić information content (AvgIpc) is 2.77. The van der Waals surface area contributed by atoms with Gasteiger partial charge in [0.15, 0.2) is 5.78 Å². The predicted molar refractivity (Wildman–Crippen MR) is 133 cm³/mol. The van der Waals surface area contributed by atoms with Crippen LogP contribution < -0.4 is 10.7 Å². The van der Waals surface area contributed by atoms with E-state index in [0.717, 1.165) is 5.01 Å². The number of nitrogens with one attached hydrogen (secondary N) is 2. The topological polar surface area (TPSA) is 105 Å². The highest BCUT2D eigenvalue weighted by molar-refractivity contribution is 6.42. The van der Waals surface area contributed by atoms with Crippen molar-refractivity contribution in [1.29, 1.82) is 0 Å². The maximum Gasteiger partial charge on any atom is 0.426 e. The van der Waals surface area contributed by atoms with Crippen LogP contribution in [0.15, 0.2) is 36.4 Å². The predicted octanol–water partition coefficient (Wildman–Crippen LogP) is 5.04. The Bertz CT molecular complexity index is 1160. The molecule has 1 heterocycles. The van der Waals surface area contributed by atoms with Gasteiger partial charge in [0.1, 0.15) is 5.60 Å². The molecule has 0 spiro atoms. The molecule has 1 saturated heterocycles. The van der Waals surface area contributed by atoms with E-state index in [2.05, 4.69) is 10.7 Å². The number of benzene rings is 2. The van der Waals surface area contributed by atoms with Crippen LogP contribution in [0.2, 0.25) is 15.1 Å². The molecule has 186 valence electrons. The number of carbonyl (C=O) groups is 4. The van der Waals surface area contributed by atoms with Crippen LogP contribution >= 0.6 is 34.8 Å². The largest absolute Gasteiger partial charge is 0.443 e. The monoisotopic (exact) mass is 539 g/mol. The van der Waals surface area contributed by atoms with Crippen molar-refractivity contribution in [2.75, 3.05) is 6.54 Å². The third kappa shape index (κ3) is 6.87. The molecule has 2 aromatic carbocycles. The molecule has 8 nitrogen and oxygen atoms in total. The molecule has 1 unspecified atom stereocenters. The van der Waals surface area contributed by atoms with Gasteiger partial charge in [-0.3, -0.25) is 14.4 Å². The van der Waals surface area contributed by atoms with Crippen molar-refractivity contribution in [2.45, 2.75) is 45.3 Å². The van der Waals surface area contributed by atoms with Gasteiger partial charge in [-0.05, 0) is 63.6 Å². The molecule has 0 radical (unpaired) electrons. The molecule has 1 aliphatic rings. The molecule has 0 bridgehead atoms. The summed E-state index contributed by atoms with van der Waals surface area (Å²) < 4.78 is 5.30. The molecule has 11 heteroatoms. The van der Waals surface area contributed by atoms with E-state index in [1.54, 1.807) is 32.9 Å². The van der Waals surface area contributed by atoms with Crippen molar-refractivity contribution in [2.24, 2.45) is 0 Å². The first-order chi connectivity index (χ1) is 16.4. The average molecular weight is 541 g/mol. The van der Waals surface area contributed by atoms with Gasteiger partial charge in [0.05, 0.1) is 21.7 Å². The van der Waals surface area contributed by atoms with Crippen molar-refractivity contribution in [3.05, 3.63) is 68.2 Å². The van der Waals surface area contributed by atoms with Gasteiger partial charge in [0.25, 0.3) is 5.91 Å². The number of amides is 3. The fraction of sp³-hybridized carbons (Fsp3) is 0.333. The highest BCUT2D eigenvalue weighted by atomic mass is 35.5. The summed E-state index contributed by atoms with van der Waals surface area (Å²) in [5.74, 6) is -1.52. The highest BCUT2D eigenvalue weighted by Crippen LogP contribution is 2.29. The molecule has 3 rings (SSSR count). The van der Waals surface area contributed by atoms with Gasteiger partial charge < -0.3 is 10.1 Å². The number of rotatable bonds is 4. The summed E-state index contributed by atoms with van der Waals surface area (Å²) in [7, 11) is 0. The fourth-order valence-corrected chi connectivity index (χ4v) is 3.95. The Morgan fingerprint density at radius 1 is 1.03 bits per heavy atom. The van der Waals surface area contributed by atoms with E-state index >= 15 is 0 Å². The second kappa shape index (κ2) is 10.8. The van der Waals surface area contributed by atoms with Crippen LogP contribution in [-0.2, 0) is 9.53 Å². The summed E-state index contributed by atoms with van der Waals surface area (Å²) in [6, 6.07) is 8.01. The minimum atomic E-state index is -0.887. The van der Waals surface area contributed by atoms with Crippen LogP contribution in [0.4, 0.5) is 4.79 Å². The third-order valence-electron chi connectivity index (χ3n) is 5.06. The van der Waals surface area contributed by atoms with Gasteiger partial charge in [-0.15, -0.1) is 0 Å². The first kappa shape index (κ1) is 26.8. The van der Waals surface area contributed by atoms with Crippen LogP contribution in [0.1, 0.15) is 59.9 Å². The van der Waals surface area contributed by atoms with E-state index in [-0.39, 0.29) is 39.1 Å². The maximum absolute atomic E-state index is 13.8. The molecule has 1 fully saturated rings. The molecule has 2 N–H and O–H groups in total. The van der Waals surface area contributed by atoms with Gasteiger partial charge >= 0.3 is 6.09 Å². The molecule has 0 saturated carbocycles. The summed E-state index contributed by atoms with van der Waals surface area (Å²) in [6.07, 6.45) is -0.569. The normalized spacial score (nSPS) is 15.7. The van der Waals surface area contributed by atoms with Gasteiger partial charge in [-0.1, -0.05) is 34.8 Å². The Morgan fingerprint density at radius 3 is 2.20 bits per heavy atom. The summed E-state index contributed by atoms with van der Waals surface area (Å²) in [4.78, 5) is 51.7. The van der Waals surface area contributed by atoms with Crippen LogP contribution in [0, 0.1) is 0 Å². The Morgan fingerprint density at radius 2 is 1.63 bits per heavy atom. The number of ketones is 1. The van der Waals surface area contributed by atoms with Gasteiger partial charge in [-0.2, -0.15) is 0 Å². The first-order valence-corrected chi connectivity index (χ1v) is 11.9. The molecule has 0 aromatic heterocycles. The Kier molecular flexibility index (Phi) is 8.30. The van der Waals surface area contributed by atoms with Crippen LogP contribution in [0.3, 0.4) is 0 Å². The van der Waals surface area contributed by atoms with E-state index in [1.807, 2.05) is 0 Å². The highest BCUT2D eigenvalue weighted by Gasteiger charge is 2.34. The number of hydrogen-bond donors (Lipinski definition) is 2. The molecule has 3 amide bonds. The minimum absolute atomic E-state index is 0.0250. The minimum Gasteiger partial charge on any atom is -0.443 e. The van der Waals surface area contributed by atoms with Crippen molar-refractivity contribution in [3.8, 4) is 0 Å². The molecular weight excluding hydrogens is 517 g/mol. The van der Waals surface area contributed by atoms with Crippen molar-refractivity contribution in [3.63, 3.8) is 0 Å². The van der Waals surface area contributed by atoms with Crippen molar-refractivity contribution in [1.82, 2.24) is 15.8 Å². The molecule has 1 aliphatic heterocycles. The summed E-state index contributed by atoms with van der Waals surface area (Å²) in [6.45, 7) is 5.33. The SMILES string of the molecule is CC(C)(C)OC(=O)NN(C(=O)c1cc(Cl)c(Cl)cc1C(=O)c1ccc(Cl)cc1)C1CCNC(=O)C1. The lowest BCUT2D eigenvalue weighted by Gasteiger charge is -2.34. The Labute approximate surface area is 217 Å². The Balaban J connectivity index is 2.04. The zero-order valence-electron chi connectivity index (χ0n) is 19.3. The zero-order chi connectivity index (χ0) is 25.9. The zero-order valence-corrected chi connectivity index (χ0v) is 21.6. The quantitative estimate of drug-likeness (QED) is 0.418. The van der Waals surface area contributed by atoms with E-state index in [1.165, 1.54) is 24.3 Å². The van der Waals surface area contributed by atoms with Crippen molar-refractivity contribution < 1.29 is 23.9 Å². The Hall–Kier alpha value is -2.81. The first-order valence-electron chi connectivity index (χ1n) is 10.7. The van der Waals surface area contributed by atoms with Crippen LogP contribution in [0.5, 0.6) is 0 Å². The van der Waals surface area contributed by atoms with Crippen LogP contribution in [-0.4, -0.2) is 46.9 Å². The lowest BCUT2D eigenvalue weighted by Crippen LogP contribution is -2.56. The summed E-state index contributed by atoms with van der Waals surface area (Å²) in [5.41, 5.74) is 1.76. The number of hydrogen-bond acceptors (Lipinski definition) is 5. The number of hydrazine groups is 1. The number of ether oxygens (including phenoxy) is 1. The smallest absolute Gasteiger partial charge is 0.426 e. The van der Waals surface area contributed by atoms with Gasteiger partial charge in [0, 0.05) is 29.1 Å². The van der Waals surface area contributed by atoms with E-state index < -0.39 is 29.4 Å². The number of halogens is 3. The fourth-order valence-electron chi connectivity index (χ4n) is 3.49. The summed E-state index contributed by atoms with van der Waals surface area (Å²) >= 11 is 18.3. The lowest BCUT2D eigenvalue weighted by atomic mass is 9.96. The molecule has 35 heavy (non-hydrogen) atoms. The van der Waals surface area contributed by atoms with E-state index in [0.29, 0.717) is 18.0 Å². The molecule has 2 aromatic rings. The number of nitrogens with zero attached hydrogens (tertiary/aromatic N) is 1. The second-order valence-corrected chi connectivity index (χ2v) is 10.2. The third-order valence-corrected chi connectivity index (χ3v) is 6.03. The van der Waals surface area contributed by atoms with Gasteiger partial charge in [0.2, 0.25) is 5.91 Å². The molecule has 1 atom stereocenters. The second-order valence-electron chi connectivity index (χ2n) is 8.93. The standard InChI is InChI=1S/C24H24Cl3N3O5/c1-24(2,3)35-23(34)29-30(15-8-9-28-20(31)10-15)22(33)17-12-19(27)18(26)11-16(17)21(32)13-4-6-14(25)7-5-13/h4-7,11-12,15H,8-10H2,1-3H3,(H,28,31)(H,29,34).